The number of hydrogen-bond donors (Lipinski definition) is 1. The van der Waals surface area contributed by atoms with Gasteiger partial charge in [-0.15, -0.1) is 23.1 Å². The summed E-state index contributed by atoms with van der Waals surface area (Å²) < 4.78 is 24.1. The molecule has 13 heteroatoms. The first-order valence-electron chi connectivity index (χ1n) is 11.6. The average Bonchev–Trinajstić information content (AvgIpc) is 3.32. The van der Waals surface area contributed by atoms with Gasteiger partial charge in [-0.1, -0.05) is 6.07 Å². The molecule has 3 fully saturated rings. The number of fused-ring (bicyclic) bond motifs is 4. The van der Waals surface area contributed by atoms with E-state index in [9.17, 15) is 19.2 Å². The highest BCUT2D eigenvalue weighted by molar-refractivity contribution is 8.01. The fraction of sp³-hybridized carbons (Fsp3) is 0.565. The van der Waals surface area contributed by atoms with Crippen molar-refractivity contribution in [1.29, 1.82) is 0 Å². The third-order valence-electron chi connectivity index (χ3n) is 7.78. The Morgan fingerprint density at radius 2 is 2.03 bits per heavy atom. The third-order valence-corrected chi connectivity index (χ3v) is 10.0. The molecule has 2 amide bonds. The molecule has 0 bridgehead atoms. The van der Waals surface area contributed by atoms with Gasteiger partial charge in [0.2, 0.25) is 17.5 Å². The zero-order chi connectivity index (χ0) is 25.4. The number of methoxy groups -OCH3 is 1. The molecule has 1 aromatic heterocycles. The lowest BCUT2D eigenvalue weighted by atomic mass is 9.76. The highest BCUT2D eigenvalue weighted by atomic mass is 32.2. The molecule has 192 valence electrons. The number of nitrogens with two attached hydrogens (primary N) is 1. The van der Waals surface area contributed by atoms with Gasteiger partial charge in [0.25, 0.3) is 0 Å². The van der Waals surface area contributed by atoms with Crippen LogP contribution in [0, 0.1) is 11.8 Å². The number of rotatable bonds is 6. The SMILES string of the molecule is CO[C@@]12[C@H](COC(N)=O)C3=C(C(=O)C(CSc4cccs4)C4(OCCO4)C3=O)N1C[C@H]1[C@@H]2N1C(C)=O. The number of amides is 2. The summed E-state index contributed by atoms with van der Waals surface area (Å²) in [6.07, 6.45) is -1.02. The number of ketones is 2. The van der Waals surface area contributed by atoms with E-state index in [0.29, 0.717) is 6.54 Å². The number of hydrogen-bond acceptors (Lipinski definition) is 11. The summed E-state index contributed by atoms with van der Waals surface area (Å²) in [6.45, 7) is 1.84. The Labute approximate surface area is 214 Å². The number of thiophene rings is 1. The summed E-state index contributed by atoms with van der Waals surface area (Å²) in [5.74, 6) is -4.12. The van der Waals surface area contributed by atoms with E-state index in [-0.39, 0.29) is 54.6 Å². The van der Waals surface area contributed by atoms with E-state index in [0.717, 1.165) is 4.21 Å². The topological polar surface area (TPSA) is 137 Å². The number of thioether (sulfide) groups is 1. The number of primary amides is 1. The molecule has 36 heavy (non-hydrogen) atoms. The summed E-state index contributed by atoms with van der Waals surface area (Å²) >= 11 is 3.01. The molecule has 0 saturated carbocycles. The predicted molar refractivity (Wildman–Crippen MR) is 126 cm³/mol. The summed E-state index contributed by atoms with van der Waals surface area (Å²) in [7, 11) is 1.47. The summed E-state index contributed by atoms with van der Waals surface area (Å²) in [4.78, 5) is 55.8. The highest BCUT2D eigenvalue weighted by Crippen LogP contribution is 2.61. The predicted octanol–water partition coefficient (Wildman–Crippen LogP) is 0.588. The van der Waals surface area contributed by atoms with Crippen LogP contribution in [0.2, 0.25) is 0 Å². The van der Waals surface area contributed by atoms with Gasteiger partial charge in [-0.2, -0.15) is 0 Å². The summed E-state index contributed by atoms with van der Waals surface area (Å²) in [6, 6.07) is 3.28. The van der Waals surface area contributed by atoms with E-state index in [4.69, 9.17) is 24.7 Å². The van der Waals surface area contributed by atoms with E-state index in [1.807, 2.05) is 17.5 Å². The molecule has 1 aliphatic carbocycles. The number of ether oxygens (including phenoxy) is 4. The van der Waals surface area contributed by atoms with Crippen LogP contribution >= 0.6 is 23.1 Å². The molecule has 0 radical (unpaired) electrons. The Balaban J connectivity index is 1.44. The first kappa shape index (κ1) is 23.9. The second kappa shape index (κ2) is 8.28. The molecule has 3 saturated heterocycles. The third kappa shape index (κ3) is 3.03. The minimum Gasteiger partial charge on any atom is -0.449 e. The minimum atomic E-state index is -1.76. The monoisotopic (exact) mass is 535 g/mol. The molecule has 6 rings (SSSR count). The zero-order valence-electron chi connectivity index (χ0n) is 19.6. The molecule has 1 spiro atoms. The van der Waals surface area contributed by atoms with E-state index in [2.05, 4.69) is 0 Å². The first-order chi connectivity index (χ1) is 17.3. The number of carbonyl (C=O) groups is 4. The van der Waals surface area contributed by atoms with Crippen LogP contribution < -0.4 is 5.73 Å². The lowest BCUT2D eigenvalue weighted by molar-refractivity contribution is -0.197. The van der Waals surface area contributed by atoms with E-state index in [1.54, 1.807) is 21.1 Å². The smallest absolute Gasteiger partial charge is 0.404 e. The molecule has 2 N–H and O–H groups in total. The van der Waals surface area contributed by atoms with Crippen LogP contribution in [0.25, 0.3) is 0 Å². The van der Waals surface area contributed by atoms with Crippen LogP contribution in [-0.4, -0.2) is 96.2 Å². The van der Waals surface area contributed by atoms with Crippen LogP contribution in [-0.2, 0) is 33.3 Å². The second-order valence-corrected chi connectivity index (χ2v) is 11.6. The molecular weight excluding hydrogens is 510 g/mol. The fourth-order valence-electron chi connectivity index (χ4n) is 6.45. The van der Waals surface area contributed by atoms with Gasteiger partial charge in [-0.05, 0) is 11.4 Å². The maximum Gasteiger partial charge on any atom is 0.404 e. The van der Waals surface area contributed by atoms with Crippen molar-refractivity contribution >= 4 is 46.7 Å². The Hall–Kier alpha value is -2.45. The second-order valence-electron chi connectivity index (χ2n) is 9.30. The van der Waals surface area contributed by atoms with Gasteiger partial charge in [0.1, 0.15) is 12.6 Å². The Bertz CT molecular complexity index is 1180. The van der Waals surface area contributed by atoms with Gasteiger partial charge in [0.05, 0.1) is 41.0 Å². The van der Waals surface area contributed by atoms with E-state index >= 15 is 0 Å². The molecule has 11 nitrogen and oxygen atoms in total. The van der Waals surface area contributed by atoms with E-state index < -0.39 is 41.3 Å². The van der Waals surface area contributed by atoms with Crippen molar-refractivity contribution in [2.45, 2.75) is 34.7 Å². The van der Waals surface area contributed by atoms with Gasteiger partial charge in [0.15, 0.2) is 11.5 Å². The Morgan fingerprint density at radius 3 is 2.64 bits per heavy atom. The highest BCUT2D eigenvalue weighted by Gasteiger charge is 2.79. The normalized spacial score (nSPS) is 33.7. The Morgan fingerprint density at radius 1 is 1.28 bits per heavy atom. The van der Waals surface area contributed by atoms with Crippen molar-refractivity contribution in [3.8, 4) is 0 Å². The van der Waals surface area contributed by atoms with Crippen LogP contribution in [0.15, 0.2) is 33.0 Å². The number of nitrogens with zero attached hydrogens (tertiary/aromatic N) is 2. The van der Waals surface area contributed by atoms with Gasteiger partial charge < -0.3 is 34.5 Å². The largest absolute Gasteiger partial charge is 0.449 e. The van der Waals surface area contributed by atoms with Crippen LogP contribution in [0.1, 0.15) is 6.92 Å². The van der Waals surface area contributed by atoms with Gasteiger partial charge >= 0.3 is 6.09 Å². The lowest BCUT2D eigenvalue weighted by Gasteiger charge is -2.41. The maximum absolute atomic E-state index is 14.2. The van der Waals surface area contributed by atoms with Crippen molar-refractivity contribution in [2.75, 3.05) is 39.2 Å². The summed E-state index contributed by atoms with van der Waals surface area (Å²) in [5, 5.41) is 1.94. The molecule has 1 aromatic rings. The van der Waals surface area contributed by atoms with E-state index in [1.165, 1.54) is 25.8 Å². The molecule has 5 atom stereocenters. The molecule has 5 aliphatic rings. The fourth-order valence-corrected chi connectivity index (χ4v) is 8.42. The number of Topliss-reactive ketones (excluding diaryl/α,β-unsaturated/α-hetero) is 2. The van der Waals surface area contributed by atoms with Crippen LogP contribution in [0.4, 0.5) is 4.79 Å². The number of piperazine rings is 1. The average molecular weight is 536 g/mol. The first-order valence-corrected chi connectivity index (χ1v) is 13.5. The zero-order valence-corrected chi connectivity index (χ0v) is 21.3. The van der Waals surface area contributed by atoms with Crippen LogP contribution in [0.3, 0.4) is 0 Å². The van der Waals surface area contributed by atoms with Crippen molar-refractivity contribution in [1.82, 2.24) is 9.80 Å². The standard InChI is InChI=1S/C23H25N3O8S2/c1-11(27)26-14-8-25-17-16(12(9-32-21(24)30)22(25,31-2)19(14)26)20(29)23(33-5-6-34-23)13(18(17)28)10-36-15-4-3-7-35-15/h3-4,7,12-14,19H,5-6,8-10H2,1-2H3,(H2,24,30)/t12-,13?,14+,19+,22-,26?/m1/s1. The number of allylic oxidation sites excluding steroid dienone is 1. The van der Waals surface area contributed by atoms with Crippen molar-refractivity contribution < 1.29 is 38.1 Å². The molecule has 1 unspecified atom stereocenters. The van der Waals surface area contributed by atoms with Crippen molar-refractivity contribution in [2.24, 2.45) is 17.6 Å². The Kier molecular flexibility index (Phi) is 5.50. The summed E-state index contributed by atoms with van der Waals surface area (Å²) in [5.41, 5.74) is 4.40. The van der Waals surface area contributed by atoms with Crippen molar-refractivity contribution in [3.63, 3.8) is 0 Å². The van der Waals surface area contributed by atoms with Gasteiger partial charge in [-0.25, -0.2) is 4.79 Å². The molecule has 4 aliphatic heterocycles. The van der Waals surface area contributed by atoms with Gasteiger partial charge in [0, 0.05) is 31.9 Å². The van der Waals surface area contributed by atoms with Crippen LogP contribution in [0.5, 0.6) is 0 Å². The quantitative estimate of drug-likeness (QED) is 0.407. The van der Waals surface area contributed by atoms with Gasteiger partial charge in [-0.3, -0.25) is 14.4 Å². The molecule has 0 aromatic carbocycles. The minimum absolute atomic E-state index is 0.137. The molecule has 5 heterocycles. The lowest BCUT2D eigenvalue weighted by Crippen LogP contribution is -2.56. The molecular formula is C23H25N3O8S2. The maximum atomic E-state index is 14.2. The van der Waals surface area contributed by atoms with Crippen molar-refractivity contribution in [3.05, 3.63) is 28.8 Å². The number of carbonyl (C=O) groups excluding carboxylic acids is 4.